The molecule has 0 saturated carbocycles. The van der Waals surface area contributed by atoms with E-state index in [9.17, 15) is 0 Å². The van der Waals surface area contributed by atoms with Gasteiger partial charge in [0.1, 0.15) is 0 Å². The molecule has 74 heavy (non-hydrogen) atoms. The topological polar surface area (TPSA) is 48.5 Å². The predicted molar refractivity (Wildman–Crippen MR) is 301 cm³/mol. The monoisotopic (exact) mass is 995 g/mol. The fraction of sp³-hybridized carbons (Fsp3) is 0.0156. The Morgan fingerprint density at radius 1 is 0.338 bits per heavy atom. The molecule has 10 heteroatoms. The average molecular weight is 996 g/mol. The van der Waals surface area contributed by atoms with E-state index in [2.05, 4.69) is 112 Å². The van der Waals surface area contributed by atoms with Crippen LogP contribution >= 0.6 is 22.7 Å². The zero-order valence-corrected chi connectivity index (χ0v) is 40.6. The third kappa shape index (κ3) is 6.51. The smallest absolute Gasteiger partial charge is 0.309 e. The summed E-state index contributed by atoms with van der Waals surface area (Å²) in [5.74, 6) is 1.34. The highest BCUT2D eigenvalue weighted by Gasteiger charge is 2.33. The molecule has 15 rings (SSSR count). The number of hydrogen-bond donors (Lipinski definition) is 0. The highest BCUT2D eigenvalue weighted by Crippen LogP contribution is 2.49. The number of halogens is 3. The van der Waals surface area contributed by atoms with Crippen LogP contribution in [0, 0.1) is 0 Å². The summed E-state index contributed by atoms with van der Waals surface area (Å²) in [6.07, 6.45) is -4.65. The minimum Gasteiger partial charge on any atom is -0.309 e. The van der Waals surface area contributed by atoms with E-state index >= 15 is 13.2 Å². The largest absolute Gasteiger partial charge is 0.416 e. The van der Waals surface area contributed by atoms with Gasteiger partial charge in [-0.2, -0.15) is 13.2 Å². The molecule has 0 N–H and O–H groups in total. The molecule has 0 radical (unpaired) electrons. The summed E-state index contributed by atoms with van der Waals surface area (Å²) in [6, 6.07) is 71.8. The Balaban J connectivity index is 1.07. The summed E-state index contributed by atoms with van der Waals surface area (Å²) in [4.78, 5) is 15.2. The maximum atomic E-state index is 15.5. The van der Waals surface area contributed by atoms with E-state index in [1.165, 1.54) is 32.3 Å². The SMILES string of the molecule is FC(F)(F)c1ccc(-n2c3ccccc3c3c4sc5ccccc5c4ccc32)c(-c2cc(-c3nc(-c4ccccc4)nc(-c4ccccc4)n3)ccc2-n2c3ccccc3c3c4sc5ccccc5c4ccc32)c1. The Morgan fingerprint density at radius 3 is 1.26 bits per heavy atom. The standard InChI is InChI=1S/C64H36F3N5S2/c65-64(66,67)40-28-32-52(72-50-24-12-8-22-46(50)58-54(72)34-30-44-42-20-10-14-26-56(42)74-60(44)58)48(36-40)47-35-39(63-69-61(37-15-3-1-4-16-37)68-62(70-63)38-17-5-2-6-18-38)27-31-51(47)71-49-23-11-7-21-45(49)57-53(71)33-29-43-41-19-9-13-25-55(41)73-59(43)57/h1-36H. The molecule has 0 aliphatic heterocycles. The molecule has 5 aromatic heterocycles. The van der Waals surface area contributed by atoms with E-state index in [1.54, 1.807) is 28.7 Å². The van der Waals surface area contributed by atoms with Crippen LogP contribution in [-0.4, -0.2) is 24.1 Å². The van der Waals surface area contributed by atoms with Crippen molar-refractivity contribution >= 4 is 107 Å². The third-order valence-corrected chi connectivity index (χ3v) is 16.8. The van der Waals surface area contributed by atoms with Crippen LogP contribution in [0.3, 0.4) is 0 Å². The second-order valence-electron chi connectivity index (χ2n) is 18.6. The van der Waals surface area contributed by atoms with Crippen molar-refractivity contribution < 1.29 is 13.2 Å². The molecule has 5 nitrogen and oxygen atoms in total. The normalized spacial score (nSPS) is 12.3. The molecule has 0 unspecified atom stereocenters. The lowest BCUT2D eigenvalue weighted by Gasteiger charge is -2.21. The number of hydrogen-bond acceptors (Lipinski definition) is 5. The number of alkyl halides is 3. The molecule has 0 spiro atoms. The zero-order valence-electron chi connectivity index (χ0n) is 39.0. The van der Waals surface area contributed by atoms with Gasteiger partial charge in [0, 0.05) is 89.7 Å². The van der Waals surface area contributed by atoms with E-state index in [0.717, 1.165) is 74.9 Å². The van der Waals surface area contributed by atoms with Crippen LogP contribution < -0.4 is 0 Å². The summed E-state index contributed by atoms with van der Waals surface area (Å²) in [5, 5.41) is 8.87. The molecule has 0 aliphatic rings. The van der Waals surface area contributed by atoms with E-state index < -0.39 is 11.7 Å². The predicted octanol–water partition coefficient (Wildman–Crippen LogP) is 18.5. The van der Waals surface area contributed by atoms with Crippen LogP contribution in [0.15, 0.2) is 218 Å². The first-order valence-corrected chi connectivity index (χ1v) is 25.9. The minimum absolute atomic E-state index is 0.386. The molecule has 0 fully saturated rings. The van der Waals surface area contributed by atoms with Gasteiger partial charge in [-0.3, -0.25) is 0 Å². The first-order chi connectivity index (χ1) is 36.3. The van der Waals surface area contributed by atoms with E-state index in [1.807, 2.05) is 97.1 Å². The molecule has 0 aliphatic carbocycles. The molecular formula is C64H36F3N5S2. The van der Waals surface area contributed by atoms with Gasteiger partial charge >= 0.3 is 6.18 Å². The van der Waals surface area contributed by atoms with E-state index in [0.29, 0.717) is 45.5 Å². The maximum Gasteiger partial charge on any atom is 0.416 e. The number of aromatic nitrogens is 5. The lowest BCUT2D eigenvalue weighted by Crippen LogP contribution is -2.08. The van der Waals surface area contributed by atoms with Gasteiger partial charge < -0.3 is 9.13 Å². The van der Waals surface area contributed by atoms with Gasteiger partial charge in [0.25, 0.3) is 0 Å². The Labute approximate surface area is 428 Å². The Bertz CT molecular complexity index is 4720. The van der Waals surface area contributed by atoms with Crippen LogP contribution in [0.5, 0.6) is 0 Å². The fourth-order valence-electron chi connectivity index (χ4n) is 11.1. The molecule has 10 aromatic carbocycles. The Kier molecular flexibility index (Phi) is 9.39. The van der Waals surface area contributed by atoms with Crippen molar-refractivity contribution in [2.75, 3.05) is 0 Å². The van der Waals surface area contributed by atoms with Crippen LogP contribution in [-0.2, 0) is 6.18 Å². The van der Waals surface area contributed by atoms with Gasteiger partial charge in [0.05, 0.1) is 39.0 Å². The van der Waals surface area contributed by atoms with Gasteiger partial charge in [-0.15, -0.1) is 22.7 Å². The number of nitrogens with zero attached hydrogens (tertiary/aromatic N) is 5. The lowest BCUT2D eigenvalue weighted by molar-refractivity contribution is -0.137. The first-order valence-electron chi connectivity index (χ1n) is 24.2. The average Bonchev–Trinajstić information content (AvgIpc) is 4.20. The number of fused-ring (bicyclic) bond motifs is 14. The first kappa shape index (κ1) is 42.7. The number of para-hydroxylation sites is 2. The number of thiophene rings is 2. The summed E-state index contributed by atoms with van der Waals surface area (Å²) in [7, 11) is 0. The lowest BCUT2D eigenvalue weighted by atomic mass is 9.96. The van der Waals surface area contributed by atoms with Gasteiger partial charge in [-0.1, -0.05) is 146 Å². The molecule has 0 amide bonds. The molecular weight excluding hydrogens is 960 g/mol. The molecule has 5 heterocycles. The van der Waals surface area contributed by atoms with Gasteiger partial charge in [-0.05, 0) is 72.8 Å². The van der Waals surface area contributed by atoms with Crippen molar-refractivity contribution in [2.45, 2.75) is 6.18 Å². The quantitative estimate of drug-likeness (QED) is 0.167. The van der Waals surface area contributed by atoms with Crippen molar-refractivity contribution in [2.24, 2.45) is 0 Å². The van der Waals surface area contributed by atoms with E-state index in [-0.39, 0.29) is 0 Å². The second kappa shape index (κ2) is 16.3. The number of benzene rings is 10. The number of rotatable bonds is 6. The Hall–Kier alpha value is -8.96. The molecule has 15 aromatic rings. The summed E-state index contributed by atoms with van der Waals surface area (Å²) in [5.41, 5.74) is 7.38. The van der Waals surface area contributed by atoms with E-state index in [4.69, 9.17) is 15.0 Å². The third-order valence-electron chi connectivity index (χ3n) is 14.4. The Morgan fingerprint density at radius 2 is 0.757 bits per heavy atom. The van der Waals surface area contributed by atoms with Crippen molar-refractivity contribution in [3.63, 3.8) is 0 Å². The summed E-state index contributed by atoms with van der Waals surface area (Å²) >= 11 is 3.50. The van der Waals surface area contributed by atoms with Gasteiger partial charge in [0.2, 0.25) is 0 Å². The van der Waals surface area contributed by atoms with Crippen molar-refractivity contribution in [3.8, 4) is 56.7 Å². The minimum atomic E-state index is -4.65. The van der Waals surface area contributed by atoms with Crippen LogP contribution in [0.1, 0.15) is 5.56 Å². The zero-order chi connectivity index (χ0) is 49.2. The van der Waals surface area contributed by atoms with Crippen molar-refractivity contribution in [1.29, 1.82) is 0 Å². The summed E-state index contributed by atoms with van der Waals surface area (Å²) < 4.78 is 55.5. The van der Waals surface area contributed by atoms with Gasteiger partial charge in [-0.25, -0.2) is 15.0 Å². The highest BCUT2D eigenvalue weighted by atomic mass is 32.1. The highest BCUT2D eigenvalue weighted by molar-refractivity contribution is 7.27. The van der Waals surface area contributed by atoms with Gasteiger partial charge in [0.15, 0.2) is 17.5 Å². The molecule has 350 valence electrons. The molecule has 0 bridgehead atoms. The van der Waals surface area contributed by atoms with Crippen LogP contribution in [0.2, 0.25) is 0 Å². The summed E-state index contributed by atoms with van der Waals surface area (Å²) in [6.45, 7) is 0. The van der Waals surface area contributed by atoms with Crippen LogP contribution in [0.4, 0.5) is 13.2 Å². The van der Waals surface area contributed by atoms with Crippen LogP contribution in [0.25, 0.3) is 141 Å². The molecule has 0 atom stereocenters. The maximum absolute atomic E-state index is 15.5. The van der Waals surface area contributed by atoms with Crippen molar-refractivity contribution in [3.05, 3.63) is 224 Å². The van der Waals surface area contributed by atoms with Crippen molar-refractivity contribution in [1.82, 2.24) is 24.1 Å². The fourth-order valence-corrected chi connectivity index (χ4v) is 13.7. The molecule has 0 saturated heterocycles. The second-order valence-corrected chi connectivity index (χ2v) is 20.7.